The molecule has 1 aromatic carbocycles. The molecule has 1 radical (unpaired) electrons. The summed E-state index contributed by atoms with van der Waals surface area (Å²) in [6.45, 7) is 4.78. The lowest BCUT2D eigenvalue weighted by Gasteiger charge is -2.08. The number of rotatable bonds is 3. The van der Waals surface area contributed by atoms with E-state index in [1.807, 2.05) is 12.1 Å². The van der Waals surface area contributed by atoms with Crippen molar-refractivity contribution in [3.8, 4) is 0 Å². The van der Waals surface area contributed by atoms with Crippen LogP contribution in [0.25, 0.3) is 0 Å². The zero-order chi connectivity index (χ0) is 10.4. The SMILES string of the molecule is CC(C)CNC(=O)Nc1[c]cccc1. The van der Waals surface area contributed by atoms with Crippen LogP contribution in [0.3, 0.4) is 0 Å². The standard InChI is InChI=1S/C11H15N2O/c1-9(2)8-12-11(14)13-10-6-4-3-5-7-10/h3-6,9H,8H2,1-2H3,(H2,12,13,14). The molecule has 0 aliphatic heterocycles. The van der Waals surface area contributed by atoms with Crippen LogP contribution in [0.5, 0.6) is 0 Å². The van der Waals surface area contributed by atoms with Gasteiger partial charge < -0.3 is 10.6 Å². The van der Waals surface area contributed by atoms with Gasteiger partial charge >= 0.3 is 6.03 Å². The van der Waals surface area contributed by atoms with E-state index in [1.54, 1.807) is 12.1 Å². The van der Waals surface area contributed by atoms with Gasteiger partial charge in [0.25, 0.3) is 0 Å². The Balaban J connectivity index is 2.35. The van der Waals surface area contributed by atoms with Crippen LogP contribution in [-0.4, -0.2) is 12.6 Å². The van der Waals surface area contributed by atoms with Gasteiger partial charge in [0, 0.05) is 12.6 Å². The number of carbonyl (C=O) groups excluding carboxylic acids is 1. The minimum Gasteiger partial charge on any atom is -0.338 e. The van der Waals surface area contributed by atoms with Crippen molar-refractivity contribution in [2.75, 3.05) is 11.9 Å². The molecule has 0 atom stereocenters. The van der Waals surface area contributed by atoms with Gasteiger partial charge in [0.15, 0.2) is 0 Å². The maximum atomic E-state index is 11.3. The van der Waals surface area contributed by atoms with E-state index in [9.17, 15) is 4.79 Å². The lowest BCUT2D eigenvalue weighted by Crippen LogP contribution is -2.31. The normalized spacial score (nSPS) is 9.93. The Labute approximate surface area is 84.5 Å². The molecule has 0 aromatic heterocycles. The molecule has 2 amide bonds. The molecule has 0 unspecified atom stereocenters. The highest BCUT2D eigenvalue weighted by molar-refractivity contribution is 5.88. The predicted octanol–water partition coefficient (Wildman–Crippen LogP) is 2.26. The van der Waals surface area contributed by atoms with Gasteiger partial charge in [0.1, 0.15) is 0 Å². The van der Waals surface area contributed by atoms with Crippen molar-refractivity contribution in [2.45, 2.75) is 13.8 Å². The number of anilines is 1. The van der Waals surface area contributed by atoms with Crippen LogP contribution in [-0.2, 0) is 0 Å². The van der Waals surface area contributed by atoms with Crippen LogP contribution >= 0.6 is 0 Å². The van der Waals surface area contributed by atoms with Gasteiger partial charge in [-0.1, -0.05) is 32.0 Å². The summed E-state index contributed by atoms with van der Waals surface area (Å²) in [4.78, 5) is 11.3. The van der Waals surface area contributed by atoms with Gasteiger partial charge in [-0.2, -0.15) is 0 Å². The first-order chi connectivity index (χ1) is 6.68. The molecular formula is C11H15N2O. The van der Waals surface area contributed by atoms with Crippen molar-refractivity contribution in [2.24, 2.45) is 5.92 Å². The number of nitrogens with one attached hydrogen (secondary N) is 2. The Bertz CT molecular complexity index is 283. The molecule has 0 saturated heterocycles. The number of hydrogen-bond acceptors (Lipinski definition) is 1. The fraction of sp³-hybridized carbons (Fsp3) is 0.364. The molecule has 75 valence electrons. The fourth-order valence-corrected chi connectivity index (χ4v) is 0.934. The molecule has 0 saturated carbocycles. The number of benzene rings is 1. The molecule has 3 nitrogen and oxygen atoms in total. The Morgan fingerprint density at radius 2 is 2.29 bits per heavy atom. The van der Waals surface area contributed by atoms with Gasteiger partial charge in [-0.15, -0.1) is 0 Å². The topological polar surface area (TPSA) is 41.1 Å². The van der Waals surface area contributed by atoms with Crippen LogP contribution < -0.4 is 10.6 Å². The molecule has 0 aliphatic carbocycles. The van der Waals surface area contributed by atoms with E-state index < -0.39 is 0 Å². The monoisotopic (exact) mass is 191 g/mol. The lowest BCUT2D eigenvalue weighted by atomic mass is 10.2. The largest absolute Gasteiger partial charge is 0.338 e. The summed E-state index contributed by atoms with van der Waals surface area (Å²) >= 11 is 0. The molecule has 3 heteroatoms. The minimum absolute atomic E-state index is 0.179. The van der Waals surface area contributed by atoms with Crippen LogP contribution in [0, 0.1) is 12.0 Å². The highest BCUT2D eigenvalue weighted by Crippen LogP contribution is 2.03. The number of urea groups is 1. The third kappa shape index (κ3) is 3.94. The van der Waals surface area contributed by atoms with E-state index in [1.165, 1.54) is 0 Å². The van der Waals surface area contributed by atoms with Crippen molar-refractivity contribution >= 4 is 11.7 Å². The molecule has 0 spiro atoms. The molecular weight excluding hydrogens is 176 g/mol. The maximum Gasteiger partial charge on any atom is 0.319 e. The lowest BCUT2D eigenvalue weighted by molar-refractivity contribution is 0.251. The molecule has 0 heterocycles. The molecule has 14 heavy (non-hydrogen) atoms. The van der Waals surface area contributed by atoms with Crippen molar-refractivity contribution < 1.29 is 4.79 Å². The van der Waals surface area contributed by atoms with E-state index in [0.29, 0.717) is 18.2 Å². The van der Waals surface area contributed by atoms with E-state index in [2.05, 4.69) is 30.5 Å². The predicted molar refractivity (Wildman–Crippen MR) is 57.1 cm³/mol. The first-order valence-electron chi connectivity index (χ1n) is 4.70. The third-order valence-electron chi connectivity index (χ3n) is 1.63. The number of carbonyl (C=O) groups is 1. The Kier molecular flexibility index (Phi) is 3.98. The molecule has 1 rings (SSSR count). The molecule has 2 N–H and O–H groups in total. The molecule has 0 fully saturated rings. The second kappa shape index (κ2) is 5.27. The minimum atomic E-state index is -0.179. The van der Waals surface area contributed by atoms with E-state index in [-0.39, 0.29) is 6.03 Å². The average molecular weight is 191 g/mol. The van der Waals surface area contributed by atoms with Crippen molar-refractivity contribution in [3.63, 3.8) is 0 Å². The van der Waals surface area contributed by atoms with Crippen LogP contribution in [0.1, 0.15) is 13.8 Å². The van der Waals surface area contributed by atoms with Gasteiger partial charge in [0.2, 0.25) is 0 Å². The average Bonchev–Trinajstić information content (AvgIpc) is 2.16. The zero-order valence-electron chi connectivity index (χ0n) is 8.50. The second-order valence-corrected chi connectivity index (χ2v) is 3.51. The van der Waals surface area contributed by atoms with E-state index in [4.69, 9.17) is 0 Å². The summed E-state index contributed by atoms with van der Waals surface area (Å²) in [6.07, 6.45) is 0. The van der Waals surface area contributed by atoms with Crippen molar-refractivity contribution in [1.29, 1.82) is 0 Å². The Morgan fingerprint density at radius 3 is 2.86 bits per heavy atom. The highest BCUT2D eigenvalue weighted by Gasteiger charge is 2.01. The summed E-state index contributed by atoms with van der Waals surface area (Å²) in [7, 11) is 0. The van der Waals surface area contributed by atoms with Crippen LogP contribution in [0.4, 0.5) is 10.5 Å². The van der Waals surface area contributed by atoms with Gasteiger partial charge in [-0.3, -0.25) is 0 Å². The van der Waals surface area contributed by atoms with Gasteiger partial charge in [-0.25, -0.2) is 4.79 Å². The van der Waals surface area contributed by atoms with Gasteiger partial charge in [-0.05, 0) is 12.0 Å². The van der Waals surface area contributed by atoms with E-state index >= 15 is 0 Å². The highest BCUT2D eigenvalue weighted by atomic mass is 16.2. The Morgan fingerprint density at radius 1 is 1.50 bits per heavy atom. The van der Waals surface area contributed by atoms with E-state index in [0.717, 1.165) is 0 Å². The fourth-order valence-electron chi connectivity index (χ4n) is 0.934. The molecule has 1 aromatic rings. The van der Waals surface area contributed by atoms with Crippen LogP contribution in [0.15, 0.2) is 24.3 Å². The summed E-state index contributed by atoms with van der Waals surface area (Å²) in [6, 6.07) is 10.0. The second-order valence-electron chi connectivity index (χ2n) is 3.51. The first kappa shape index (κ1) is 10.6. The number of hydrogen-bond donors (Lipinski definition) is 2. The van der Waals surface area contributed by atoms with Crippen molar-refractivity contribution in [1.82, 2.24) is 5.32 Å². The van der Waals surface area contributed by atoms with Crippen LogP contribution in [0.2, 0.25) is 0 Å². The zero-order valence-corrected chi connectivity index (χ0v) is 8.50. The quantitative estimate of drug-likeness (QED) is 0.756. The maximum absolute atomic E-state index is 11.3. The van der Waals surface area contributed by atoms with Gasteiger partial charge in [0.05, 0.1) is 5.69 Å². The number of amides is 2. The summed E-state index contributed by atoms with van der Waals surface area (Å²) < 4.78 is 0. The summed E-state index contributed by atoms with van der Waals surface area (Å²) in [5, 5.41) is 5.45. The smallest absolute Gasteiger partial charge is 0.319 e. The third-order valence-corrected chi connectivity index (χ3v) is 1.63. The Hall–Kier alpha value is -1.51. The summed E-state index contributed by atoms with van der Waals surface area (Å²) in [5.41, 5.74) is 0.689. The summed E-state index contributed by atoms with van der Waals surface area (Å²) in [5.74, 6) is 0.459. The van der Waals surface area contributed by atoms with Crippen molar-refractivity contribution in [3.05, 3.63) is 30.3 Å². The first-order valence-corrected chi connectivity index (χ1v) is 4.70. The molecule has 0 bridgehead atoms. The number of para-hydroxylation sites is 1. The molecule has 0 aliphatic rings.